The minimum Gasteiger partial charge on any atom is -0.337 e. The van der Waals surface area contributed by atoms with E-state index < -0.39 is 30.8 Å². The summed E-state index contributed by atoms with van der Waals surface area (Å²) in [7, 11) is 0. The van der Waals surface area contributed by atoms with Gasteiger partial charge in [0.15, 0.2) is 5.82 Å². The molecule has 1 N–H and O–H groups in total. The van der Waals surface area contributed by atoms with Gasteiger partial charge in [0.1, 0.15) is 11.7 Å². The number of hydrogen-bond acceptors (Lipinski definition) is 5. The van der Waals surface area contributed by atoms with Crippen LogP contribution in [0.15, 0.2) is 16.8 Å². The number of likely N-dealkylation sites (tertiary alicyclic amines) is 1. The van der Waals surface area contributed by atoms with Gasteiger partial charge in [-0.15, -0.1) is 0 Å². The van der Waals surface area contributed by atoms with E-state index in [9.17, 15) is 13.6 Å². The van der Waals surface area contributed by atoms with Gasteiger partial charge in [0.25, 0.3) is 11.8 Å². The summed E-state index contributed by atoms with van der Waals surface area (Å²) in [6, 6.07) is 0.504. The number of carbonyl (C=O) groups excluding carboxylic acids is 1. The number of alkyl halides is 2. The average molecular weight is 297 g/mol. The van der Waals surface area contributed by atoms with Gasteiger partial charge in [-0.1, -0.05) is 12.1 Å². The Kier molecular flexibility index (Phi) is 3.19. The van der Waals surface area contributed by atoms with E-state index in [2.05, 4.69) is 20.3 Å². The van der Waals surface area contributed by atoms with Crippen LogP contribution in [0.5, 0.6) is 0 Å². The number of rotatable bonds is 3. The van der Waals surface area contributed by atoms with Crippen molar-refractivity contribution in [3.05, 3.63) is 29.7 Å². The third-order valence-corrected chi connectivity index (χ3v) is 3.35. The van der Waals surface area contributed by atoms with Crippen molar-refractivity contribution in [2.75, 3.05) is 6.54 Å². The van der Waals surface area contributed by atoms with E-state index in [1.807, 2.05) is 6.92 Å². The van der Waals surface area contributed by atoms with Crippen molar-refractivity contribution in [2.45, 2.75) is 31.7 Å². The van der Waals surface area contributed by atoms with E-state index in [0.29, 0.717) is 12.2 Å². The summed E-state index contributed by atoms with van der Waals surface area (Å²) < 4.78 is 32.4. The number of halogens is 2. The maximum Gasteiger partial charge on any atom is 0.272 e. The third-order valence-electron chi connectivity index (χ3n) is 3.35. The molecule has 0 unspecified atom stereocenters. The molecular weight excluding hydrogens is 284 g/mol. The molecule has 3 heterocycles. The van der Waals surface area contributed by atoms with Crippen LogP contribution in [-0.2, 0) is 6.42 Å². The van der Waals surface area contributed by atoms with Crippen molar-refractivity contribution < 1.29 is 18.1 Å². The van der Waals surface area contributed by atoms with E-state index in [0.717, 1.165) is 4.90 Å². The summed E-state index contributed by atoms with van der Waals surface area (Å²) in [6.45, 7) is 1.14. The normalized spacial score (nSPS) is 20.9. The Morgan fingerprint density at radius 1 is 1.62 bits per heavy atom. The van der Waals surface area contributed by atoms with Crippen molar-refractivity contribution in [3.63, 3.8) is 0 Å². The molecule has 2 aromatic rings. The second-order valence-electron chi connectivity index (χ2n) is 4.88. The van der Waals surface area contributed by atoms with Crippen molar-refractivity contribution in [3.8, 4) is 0 Å². The van der Waals surface area contributed by atoms with Gasteiger partial charge in [-0.3, -0.25) is 9.89 Å². The zero-order chi connectivity index (χ0) is 15.0. The second-order valence-corrected chi connectivity index (χ2v) is 4.88. The van der Waals surface area contributed by atoms with Crippen molar-refractivity contribution in [1.29, 1.82) is 0 Å². The highest BCUT2D eigenvalue weighted by Gasteiger charge is 2.50. The lowest BCUT2D eigenvalue weighted by molar-refractivity contribution is 0.0116. The molecule has 1 amide bonds. The van der Waals surface area contributed by atoms with E-state index in [1.54, 1.807) is 0 Å². The van der Waals surface area contributed by atoms with Crippen LogP contribution in [0.3, 0.4) is 0 Å². The summed E-state index contributed by atoms with van der Waals surface area (Å²) in [5.41, 5.74) is 0.146. The lowest BCUT2D eigenvalue weighted by Gasteiger charge is -2.20. The highest BCUT2D eigenvalue weighted by molar-refractivity contribution is 5.92. The Labute approximate surface area is 118 Å². The number of amides is 1. The maximum atomic E-state index is 13.7. The van der Waals surface area contributed by atoms with Crippen LogP contribution >= 0.6 is 0 Å². The molecule has 0 aliphatic carbocycles. The van der Waals surface area contributed by atoms with Crippen molar-refractivity contribution in [1.82, 2.24) is 25.2 Å². The predicted octanol–water partition coefficient (Wildman–Crippen LogP) is 1.58. The number of nitrogens with one attached hydrogen (secondary N) is 1. The summed E-state index contributed by atoms with van der Waals surface area (Å²) in [5, 5.41) is 9.83. The molecule has 0 spiro atoms. The predicted molar refractivity (Wildman–Crippen MR) is 65.6 cm³/mol. The Morgan fingerprint density at radius 3 is 3.05 bits per heavy atom. The lowest BCUT2D eigenvalue weighted by Crippen LogP contribution is -2.33. The number of hydrogen-bond donors (Lipinski definition) is 1. The van der Waals surface area contributed by atoms with Crippen LogP contribution < -0.4 is 0 Å². The molecule has 3 rings (SSSR count). The van der Waals surface area contributed by atoms with Gasteiger partial charge in [0.05, 0.1) is 6.54 Å². The molecule has 112 valence electrons. The first-order valence-electron chi connectivity index (χ1n) is 6.51. The molecule has 0 saturated carbocycles. The fraction of sp³-hybridized carbons (Fsp3) is 0.500. The number of aromatic nitrogens is 4. The van der Waals surface area contributed by atoms with Gasteiger partial charge in [-0.25, -0.2) is 8.78 Å². The first-order chi connectivity index (χ1) is 10.00. The van der Waals surface area contributed by atoms with Crippen LogP contribution in [0.2, 0.25) is 0 Å². The number of aryl methyl sites for hydroxylation is 1. The molecule has 7 nitrogen and oxygen atoms in total. The molecule has 9 heteroatoms. The smallest absolute Gasteiger partial charge is 0.272 e. The topological polar surface area (TPSA) is 87.9 Å². The molecule has 0 radical (unpaired) electrons. The van der Waals surface area contributed by atoms with Gasteiger partial charge in [0.2, 0.25) is 5.89 Å². The van der Waals surface area contributed by atoms with Gasteiger partial charge < -0.3 is 9.42 Å². The molecule has 1 fully saturated rings. The largest absolute Gasteiger partial charge is 0.337 e. The molecule has 2 aromatic heterocycles. The number of carbonyl (C=O) groups is 1. The summed E-state index contributed by atoms with van der Waals surface area (Å²) in [5.74, 6) is -3.08. The molecule has 21 heavy (non-hydrogen) atoms. The fourth-order valence-corrected chi connectivity index (χ4v) is 2.33. The minimum atomic E-state index is -2.98. The summed E-state index contributed by atoms with van der Waals surface area (Å²) in [6.07, 6.45) is 1.39. The van der Waals surface area contributed by atoms with Crippen LogP contribution in [0.1, 0.15) is 41.6 Å². The molecule has 1 aliphatic rings. The first kappa shape index (κ1) is 13.7. The standard InChI is InChI=1S/C12H13F2N5O2/c1-2-9-16-10(21-18-9)8-5-12(13,14)6-19(8)11(20)7-3-4-15-17-7/h3-4,8H,2,5-6H2,1H3,(H,15,17)/t8-/m0/s1. The Bertz CT molecular complexity index is 640. The van der Waals surface area contributed by atoms with Crippen molar-refractivity contribution in [2.24, 2.45) is 0 Å². The van der Waals surface area contributed by atoms with E-state index in [-0.39, 0.29) is 11.6 Å². The van der Waals surface area contributed by atoms with Gasteiger partial charge in [-0.2, -0.15) is 10.1 Å². The Hall–Kier alpha value is -2.32. The van der Waals surface area contributed by atoms with E-state index in [1.165, 1.54) is 12.3 Å². The molecule has 1 saturated heterocycles. The van der Waals surface area contributed by atoms with Crippen molar-refractivity contribution >= 4 is 5.91 Å². The quantitative estimate of drug-likeness (QED) is 0.929. The number of nitrogens with zero attached hydrogens (tertiary/aromatic N) is 4. The third kappa shape index (κ3) is 2.50. The molecule has 1 atom stereocenters. The van der Waals surface area contributed by atoms with Gasteiger partial charge in [0, 0.05) is 19.0 Å². The highest BCUT2D eigenvalue weighted by atomic mass is 19.3. The molecule has 0 aromatic carbocycles. The number of aromatic amines is 1. The molecule has 0 bridgehead atoms. The van der Waals surface area contributed by atoms with Gasteiger partial charge in [-0.05, 0) is 6.07 Å². The van der Waals surface area contributed by atoms with Crippen LogP contribution in [0.25, 0.3) is 0 Å². The molecular formula is C12H13F2N5O2. The molecule has 1 aliphatic heterocycles. The zero-order valence-electron chi connectivity index (χ0n) is 11.2. The monoisotopic (exact) mass is 297 g/mol. The SMILES string of the molecule is CCc1noc([C@@H]2CC(F)(F)CN2C(=O)c2ccn[nH]2)n1. The fourth-order valence-electron chi connectivity index (χ4n) is 2.33. The van der Waals surface area contributed by atoms with Crippen LogP contribution in [0, 0.1) is 0 Å². The van der Waals surface area contributed by atoms with E-state index in [4.69, 9.17) is 4.52 Å². The Morgan fingerprint density at radius 2 is 2.43 bits per heavy atom. The second kappa shape index (κ2) is 4.90. The van der Waals surface area contributed by atoms with Crippen LogP contribution in [-0.4, -0.2) is 43.6 Å². The van der Waals surface area contributed by atoms with E-state index >= 15 is 0 Å². The minimum absolute atomic E-state index is 0.0388. The number of H-pyrrole nitrogens is 1. The zero-order valence-corrected chi connectivity index (χ0v) is 11.2. The van der Waals surface area contributed by atoms with Gasteiger partial charge >= 0.3 is 0 Å². The lowest BCUT2D eigenvalue weighted by atomic mass is 10.2. The average Bonchev–Trinajstić information content (AvgIpc) is 3.16. The summed E-state index contributed by atoms with van der Waals surface area (Å²) >= 11 is 0. The summed E-state index contributed by atoms with van der Waals surface area (Å²) in [4.78, 5) is 17.4. The maximum absolute atomic E-state index is 13.7. The highest BCUT2D eigenvalue weighted by Crippen LogP contribution is 2.41. The first-order valence-corrected chi connectivity index (χ1v) is 6.51. The van der Waals surface area contributed by atoms with Crippen LogP contribution in [0.4, 0.5) is 8.78 Å². The Balaban J connectivity index is 1.91.